The van der Waals surface area contributed by atoms with Crippen LogP contribution in [0.1, 0.15) is 0 Å². The summed E-state index contributed by atoms with van der Waals surface area (Å²) in [5, 5.41) is 4.99. The molecule has 0 aliphatic heterocycles. The van der Waals surface area contributed by atoms with Gasteiger partial charge in [0.25, 0.3) is 0 Å². The molecular weight excluding hydrogens is 869 g/mol. The third-order valence-corrected chi connectivity index (χ3v) is 14.2. The van der Waals surface area contributed by atoms with Crippen molar-refractivity contribution in [2.24, 2.45) is 0 Å². The molecular formula is C70H48N2. The molecule has 0 unspecified atom stereocenters. The van der Waals surface area contributed by atoms with E-state index in [0.717, 1.165) is 33.9 Å². The number of rotatable bonds is 10. The Morgan fingerprint density at radius 2 is 0.639 bits per heavy atom. The quantitative estimate of drug-likeness (QED) is 0.133. The Kier molecular flexibility index (Phi) is 10.9. The van der Waals surface area contributed by atoms with Crippen molar-refractivity contribution in [3.05, 3.63) is 291 Å². The van der Waals surface area contributed by atoms with Gasteiger partial charge in [-0.2, -0.15) is 0 Å². The van der Waals surface area contributed by atoms with Crippen molar-refractivity contribution in [2.45, 2.75) is 0 Å². The zero-order chi connectivity index (χ0) is 47.8. The summed E-state index contributed by atoms with van der Waals surface area (Å²) in [6, 6.07) is 106. The first-order valence-electron chi connectivity index (χ1n) is 24.7. The van der Waals surface area contributed by atoms with Crippen LogP contribution < -0.4 is 4.90 Å². The summed E-state index contributed by atoms with van der Waals surface area (Å²) < 4.78 is 2.39. The topological polar surface area (TPSA) is 8.17 Å². The number of para-hydroxylation sites is 2. The lowest BCUT2D eigenvalue weighted by Crippen LogP contribution is -2.10. The molecule has 0 aliphatic rings. The minimum absolute atomic E-state index is 1.07. The van der Waals surface area contributed by atoms with Crippen LogP contribution in [0.15, 0.2) is 291 Å². The zero-order valence-corrected chi connectivity index (χ0v) is 39.6. The highest BCUT2D eigenvalue weighted by Gasteiger charge is 2.19. The monoisotopic (exact) mass is 916 g/mol. The van der Waals surface area contributed by atoms with Crippen LogP contribution in [0.4, 0.5) is 17.1 Å². The van der Waals surface area contributed by atoms with Crippen LogP contribution in [0.5, 0.6) is 0 Å². The highest BCUT2D eigenvalue weighted by Crippen LogP contribution is 2.44. The molecule has 2 nitrogen and oxygen atoms in total. The molecule has 13 rings (SSSR count). The number of nitrogens with zero attached hydrogens (tertiary/aromatic N) is 2. The fourth-order valence-corrected chi connectivity index (χ4v) is 10.9. The van der Waals surface area contributed by atoms with Crippen molar-refractivity contribution in [2.75, 3.05) is 4.90 Å². The van der Waals surface area contributed by atoms with Gasteiger partial charge in [0, 0.05) is 33.5 Å². The molecule has 0 fully saturated rings. The average Bonchev–Trinajstić information content (AvgIpc) is 3.80. The normalized spacial score (nSPS) is 11.3. The SMILES string of the molecule is c1ccc(-c2ccccc2-c2ccccc2-c2ccccc2-c2ccc(N(c3ccc(-c4cccc(-n5c6ccccc6c6ccccc65)c4)cc3)c3cccc(-c4cccc5ccccc45)c3)cc2)cc1. The summed E-state index contributed by atoms with van der Waals surface area (Å²) in [4.78, 5) is 2.39. The number of fused-ring (bicyclic) bond motifs is 4. The van der Waals surface area contributed by atoms with Gasteiger partial charge in [0.15, 0.2) is 0 Å². The molecule has 0 N–H and O–H groups in total. The van der Waals surface area contributed by atoms with E-state index in [1.807, 2.05) is 0 Å². The summed E-state index contributed by atoms with van der Waals surface area (Å²) in [6.45, 7) is 0. The number of hydrogen-bond donors (Lipinski definition) is 0. The van der Waals surface area contributed by atoms with Crippen molar-refractivity contribution >= 4 is 49.6 Å². The van der Waals surface area contributed by atoms with E-state index in [9.17, 15) is 0 Å². The van der Waals surface area contributed by atoms with Crippen molar-refractivity contribution in [1.82, 2.24) is 4.57 Å². The number of hydrogen-bond acceptors (Lipinski definition) is 1. The van der Waals surface area contributed by atoms with Crippen LogP contribution in [-0.4, -0.2) is 4.57 Å². The second-order valence-corrected chi connectivity index (χ2v) is 18.4. The van der Waals surface area contributed by atoms with Crippen molar-refractivity contribution < 1.29 is 0 Å². The Bertz CT molecular complexity index is 4030. The molecule has 0 saturated carbocycles. The summed E-state index contributed by atoms with van der Waals surface area (Å²) in [5.41, 5.74) is 21.1. The van der Waals surface area contributed by atoms with Gasteiger partial charge >= 0.3 is 0 Å². The molecule has 0 bridgehead atoms. The Morgan fingerprint density at radius 3 is 1.26 bits per heavy atom. The van der Waals surface area contributed by atoms with Crippen LogP contribution in [0.3, 0.4) is 0 Å². The van der Waals surface area contributed by atoms with Crippen LogP contribution >= 0.6 is 0 Å². The molecule has 72 heavy (non-hydrogen) atoms. The molecule has 0 amide bonds. The van der Waals surface area contributed by atoms with Gasteiger partial charge in [0.2, 0.25) is 0 Å². The summed E-state index contributed by atoms with van der Waals surface area (Å²) in [6.07, 6.45) is 0. The number of aromatic nitrogens is 1. The van der Waals surface area contributed by atoms with Crippen LogP contribution in [-0.2, 0) is 0 Å². The average molecular weight is 917 g/mol. The molecule has 0 spiro atoms. The molecule has 12 aromatic carbocycles. The highest BCUT2D eigenvalue weighted by molar-refractivity contribution is 6.09. The smallest absolute Gasteiger partial charge is 0.0541 e. The van der Waals surface area contributed by atoms with Gasteiger partial charge in [-0.3, -0.25) is 0 Å². The van der Waals surface area contributed by atoms with Crippen molar-refractivity contribution in [1.29, 1.82) is 0 Å². The minimum atomic E-state index is 1.07. The molecule has 1 heterocycles. The van der Waals surface area contributed by atoms with Gasteiger partial charge in [0.1, 0.15) is 0 Å². The fourth-order valence-electron chi connectivity index (χ4n) is 10.9. The summed E-state index contributed by atoms with van der Waals surface area (Å²) in [5.74, 6) is 0. The lowest BCUT2D eigenvalue weighted by Gasteiger charge is -2.27. The molecule has 13 aromatic rings. The van der Waals surface area contributed by atoms with Crippen molar-refractivity contribution in [3.8, 4) is 72.4 Å². The van der Waals surface area contributed by atoms with E-state index in [0.29, 0.717) is 0 Å². The maximum Gasteiger partial charge on any atom is 0.0541 e. The van der Waals surface area contributed by atoms with E-state index in [-0.39, 0.29) is 0 Å². The van der Waals surface area contributed by atoms with E-state index in [4.69, 9.17) is 0 Å². The van der Waals surface area contributed by atoms with Gasteiger partial charge in [0.05, 0.1) is 11.0 Å². The van der Waals surface area contributed by atoms with E-state index in [2.05, 4.69) is 301 Å². The predicted molar refractivity (Wildman–Crippen MR) is 306 cm³/mol. The molecule has 0 atom stereocenters. The van der Waals surface area contributed by atoms with E-state index in [1.54, 1.807) is 0 Å². The first kappa shape index (κ1) is 42.6. The van der Waals surface area contributed by atoms with E-state index >= 15 is 0 Å². The molecule has 1 aromatic heterocycles. The van der Waals surface area contributed by atoms with Crippen LogP contribution in [0, 0.1) is 0 Å². The molecule has 338 valence electrons. The molecule has 0 radical (unpaired) electrons. The second-order valence-electron chi connectivity index (χ2n) is 18.4. The van der Waals surface area contributed by atoms with Crippen molar-refractivity contribution in [3.63, 3.8) is 0 Å². The Morgan fingerprint density at radius 1 is 0.222 bits per heavy atom. The lowest BCUT2D eigenvalue weighted by molar-refractivity contribution is 1.18. The first-order chi connectivity index (χ1) is 35.7. The third kappa shape index (κ3) is 7.73. The molecule has 0 saturated heterocycles. The van der Waals surface area contributed by atoms with Crippen LogP contribution in [0.2, 0.25) is 0 Å². The van der Waals surface area contributed by atoms with Gasteiger partial charge in [-0.15, -0.1) is 0 Å². The standard InChI is InChI=1S/C70H48N2/c1-2-19-50(20-3-1)60-28-6-8-30-63(60)65-32-10-11-33-66(65)64-31-9-7-29-61(64)52-41-45-56(46-42-52)71(57-25-17-24-54(48-57)62-36-18-22-51-21-4-5-27-59(51)62)55-43-39-49(40-44-55)53-23-16-26-58(47-53)72-69-37-14-12-34-67(69)68-35-13-15-38-70(68)72/h1-48H. The van der Waals surface area contributed by atoms with Gasteiger partial charge in [-0.05, 0) is 138 Å². The zero-order valence-electron chi connectivity index (χ0n) is 39.6. The van der Waals surface area contributed by atoms with Gasteiger partial charge < -0.3 is 9.47 Å². The Balaban J connectivity index is 0.895. The first-order valence-corrected chi connectivity index (χ1v) is 24.7. The fraction of sp³-hybridized carbons (Fsp3) is 0. The largest absolute Gasteiger partial charge is 0.310 e. The number of benzene rings is 12. The van der Waals surface area contributed by atoms with E-state index in [1.165, 1.54) is 88.2 Å². The summed E-state index contributed by atoms with van der Waals surface area (Å²) in [7, 11) is 0. The van der Waals surface area contributed by atoms with Gasteiger partial charge in [-0.25, -0.2) is 0 Å². The highest BCUT2D eigenvalue weighted by atomic mass is 15.1. The predicted octanol–water partition coefficient (Wildman–Crippen LogP) is 19.4. The molecule has 2 heteroatoms. The van der Waals surface area contributed by atoms with E-state index < -0.39 is 0 Å². The number of anilines is 3. The minimum Gasteiger partial charge on any atom is -0.310 e. The molecule has 0 aliphatic carbocycles. The maximum atomic E-state index is 2.39. The second kappa shape index (κ2) is 18.4. The lowest BCUT2D eigenvalue weighted by atomic mass is 9.87. The van der Waals surface area contributed by atoms with Crippen LogP contribution in [0.25, 0.3) is 105 Å². The maximum absolute atomic E-state index is 2.39. The Labute approximate surface area is 420 Å². The third-order valence-electron chi connectivity index (χ3n) is 14.2. The summed E-state index contributed by atoms with van der Waals surface area (Å²) >= 11 is 0. The Hall–Kier alpha value is -9.50. The van der Waals surface area contributed by atoms with Gasteiger partial charge in [-0.1, -0.05) is 231 Å².